The molecule has 0 bridgehead atoms. The van der Waals surface area contributed by atoms with Crippen molar-refractivity contribution in [1.29, 1.82) is 0 Å². The van der Waals surface area contributed by atoms with E-state index >= 15 is 0 Å². The average Bonchev–Trinajstić information content (AvgIpc) is 2.27. The van der Waals surface area contributed by atoms with Gasteiger partial charge in [0.2, 0.25) is 0 Å². The Morgan fingerprint density at radius 1 is 1.32 bits per heavy atom. The molecule has 0 aromatic heterocycles. The zero-order valence-electron chi connectivity index (χ0n) is 11.9. The van der Waals surface area contributed by atoms with Crippen LogP contribution in [0, 0.1) is 11.8 Å². The summed E-state index contributed by atoms with van der Waals surface area (Å²) in [6.07, 6.45) is 0.874. The Hall–Kier alpha value is -0.660. The highest BCUT2D eigenvalue weighted by Gasteiger charge is 2.34. The molecule has 1 heterocycles. The molecule has 0 aromatic carbocycles. The van der Waals surface area contributed by atoms with Crippen LogP contribution in [0.25, 0.3) is 0 Å². The normalized spacial score (nSPS) is 25.7. The van der Waals surface area contributed by atoms with Crippen molar-refractivity contribution in [3.63, 3.8) is 0 Å². The van der Waals surface area contributed by atoms with Gasteiger partial charge in [-0.15, -0.1) is 0 Å². The largest absolute Gasteiger partial charge is 0.481 e. The molecule has 6 nitrogen and oxygen atoms in total. The molecule has 0 amide bonds. The second kappa shape index (κ2) is 6.67. The first kappa shape index (κ1) is 16.4. The number of piperidine rings is 1. The molecule has 1 fully saturated rings. The minimum absolute atomic E-state index is 0.0351. The standard InChI is InChI=1S/C12H24N2O4S/c1-4-13(6-5-12(15)16)19(17,18)14-8-10(2)7-11(3)9-14/h10-11H,4-9H2,1-3H3,(H,15,16). The summed E-state index contributed by atoms with van der Waals surface area (Å²) in [5, 5.41) is 8.68. The highest BCUT2D eigenvalue weighted by molar-refractivity contribution is 7.86. The highest BCUT2D eigenvalue weighted by Crippen LogP contribution is 2.24. The topological polar surface area (TPSA) is 77.9 Å². The monoisotopic (exact) mass is 292 g/mol. The Kier molecular flexibility index (Phi) is 5.76. The van der Waals surface area contributed by atoms with Crippen LogP contribution in [0.4, 0.5) is 0 Å². The number of nitrogens with zero attached hydrogens (tertiary/aromatic N) is 2. The molecular weight excluding hydrogens is 268 g/mol. The van der Waals surface area contributed by atoms with Gasteiger partial charge >= 0.3 is 5.97 Å². The Morgan fingerprint density at radius 2 is 1.84 bits per heavy atom. The Labute approximate surface area is 115 Å². The van der Waals surface area contributed by atoms with Crippen LogP contribution in [-0.4, -0.2) is 54.3 Å². The van der Waals surface area contributed by atoms with Gasteiger partial charge in [0.05, 0.1) is 6.42 Å². The zero-order chi connectivity index (χ0) is 14.6. The molecule has 0 spiro atoms. The molecule has 2 unspecified atom stereocenters. The number of hydrogen-bond acceptors (Lipinski definition) is 3. The molecule has 1 rings (SSSR count). The lowest BCUT2D eigenvalue weighted by atomic mass is 9.94. The molecule has 1 saturated heterocycles. The van der Waals surface area contributed by atoms with Crippen LogP contribution in [0.1, 0.15) is 33.6 Å². The maximum atomic E-state index is 12.5. The summed E-state index contributed by atoms with van der Waals surface area (Å²) >= 11 is 0. The van der Waals surface area contributed by atoms with E-state index in [2.05, 4.69) is 0 Å². The molecule has 1 N–H and O–H groups in total. The van der Waals surface area contributed by atoms with Gasteiger partial charge in [-0.1, -0.05) is 20.8 Å². The van der Waals surface area contributed by atoms with Gasteiger partial charge in [0.1, 0.15) is 0 Å². The van der Waals surface area contributed by atoms with Crippen molar-refractivity contribution in [1.82, 2.24) is 8.61 Å². The quantitative estimate of drug-likeness (QED) is 0.792. The van der Waals surface area contributed by atoms with E-state index in [1.807, 2.05) is 13.8 Å². The smallest absolute Gasteiger partial charge is 0.304 e. The van der Waals surface area contributed by atoms with Gasteiger partial charge in [0.15, 0.2) is 0 Å². The van der Waals surface area contributed by atoms with Crippen molar-refractivity contribution in [3.8, 4) is 0 Å². The maximum Gasteiger partial charge on any atom is 0.304 e. The summed E-state index contributed by atoms with van der Waals surface area (Å²) in [6.45, 7) is 7.21. The van der Waals surface area contributed by atoms with E-state index in [1.165, 1.54) is 8.61 Å². The fourth-order valence-electron chi connectivity index (χ4n) is 2.61. The van der Waals surface area contributed by atoms with Crippen LogP contribution in [0.5, 0.6) is 0 Å². The Bertz CT molecular complexity index is 400. The third kappa shape index (κ3) is 4.43. The van der Waals surface area contributed by atoms with Gasteiger partial charge in [-0.3, -0.25) is 4.79 Å². The minimum atomic E-state index is -3.53. The second-order valence-electron chi connectivity index (χ2n) is 5.41. The average molecular weight is 292 g/mol. The number of aliphatic carboxylic acids is 1. The lowest BCUT2D eigenvalue weighted by Gasteiger charge is -2.36. The summed E-state index contributed by atoms with van der Waals surface area (Å²) in [7, 11) is -3.53. The van der Waals surface area contributed by atoms with E-state index in [0.717, 1.165) is 6.42 Å². The van der Waals surface area contributed by atoms with Crippen molar-refractivity contribution < 1.29 is 18.3 Å². The van der Waals surface area contributed by atoms with Gasteiger partial charge in [0, 0.05) is 26.2 Å². The maximum absolute atomic E-state index is 12.5. The number of carbonyl (C=O) groups is 1. The SMILES string of the molecule is CCN(CCC(=O)O)S(=O)(=O)N1CC(C)CC(C)C1. The van der Waals surface area contributed by atoms with Crippen LogP contribution >= 0.6 is 0 Å². The Balaban J connectivity index is 2.78. The predicted octanol–water partition coefficient (Wildman–Crippen LogP) is 1.01. The van der Waals surface area contributed by atoms with E-state index in [4.69, 9.17) is 5.11 Å². The van der Waals surface area contributed by atoms with E-state index in [0.29, 0.717) is 31.5 Å². The first-order valence-corrected chi connectivity index (χ1v) is 8.14. The molecule has 1 aliphatic rings. The lowest BCUT2D eigenvalue weighted by Crippen LogP contribution is -2.49. The van der Waals surface area contributed by atoms with Gasteiger partial charge < -0.3 is 5.11 Å². The third-order valence-electron chi connectivity index (χ3n) is 3.42. The van der Waals surface area contributed by atoms with Crippen LogP contribution in [0.3, 0.4) is 0 Å². The molecular formula is C12H24N2O4S. The van der Waals surface area contributed by atoms with Crippen molar-refractivity contribution >= 4 is 16.2 Å². The van der Waals surface area contributed by atoms with Gasteiger partial charge in [-0.05, 0) is 18.3 Å². The fourth-order valence-corrected chi connectivity index (χ4v) is 4.48. The summed E-state index contributed by atoms with van der Waals surface area (Å²) in [5.41, 5.74) is 0. The molecule has 112 valence electrons. The molecule has 0 radical (unpaired) electrons. The third-order valence-corrected chi connectivity index (χ3v) is 5.46. The molecule has 1 aliphatic heterocycles. The summed E-state index contributed by atoms with van der Waals surface area (Å²) in [5.74, 6) is -0.289. The molecule has 19 heavy (non-hydrogen) atoms. The number of rotatable bonds is 6. The summed E-state index contributed by atoms with van der Waals surface area (Å²) < 4.78 is 27.7. The summed E-state index contributed by atoms with van der Waals surface area (Å²) in [4.78, 5) is 10.6. The summed E-state index contributed by atoms with van der Waals surface area (Å²) in [6, 6.07) is 0. The Morgan fingerprint density at radius 3 is 2.26 bits per heavy atom. The molecule has 7 heteroatoms. The van der Waals surface area contributed by atoms with E-state index in [-0.39, 0.29) is 13.0 Å². The molecule has 0 aromatic rings. The van der Waals surface area contributed by atoms with Gasteiger partial charge in [0.25, 0.3) is 10.2 Å². The highest BCUT2D eigenvalue weighted by atomic mass is 32.2. The van der Waals surface area contributed by atoms with Gasteiger partial charge in [-0.2, -0.15) is 17.0 Å². The number of carboxylic acids is 1. The van der Waals surface area contributed by atoms with Gasteiger partial charge in [-0.25, -0.2) is 0 Å². The second-order valence-corrected chi connectivity index (χ2v) is 7.33. The zero-order valence-corrected chi connectivity index (χ0v) is 12.7. The van der Waals surface area contributed by atoms with Crippen molar-refractivity contribution in [2.75, 3.05) is 26.2 Å². The lowest BCUT2D eigenvalue weighted by molar-refractivity contribution is -0.137. The number of hydrogen-bond donors (Lipinski definition) is 1. The molecule has 2 atom stereocenters. The number of carboxylic acid groups (broad SMARTS) is 1. The minimum Gasteiger partial charge on any atom is -0.481 e. The van der Waals surface area contributed by atoms with Crippen molar-refractivity contribution in [2.24, 2.45) is 11.8 Å². The van der Waals surface area contributed by atoms with Crippen LogP contribution in [-0.2, 0) is 15.0 Å². The van der Waals surface area contributed by atoms with Crippen LogP contribution in [0.2, 0.25) is 0 Å². The molecule has 0 aliphatic carbocycles. The predicted molar refractivity (Wildman–Crippen MR) is 72.9 cm³/mol. The van der Waals surface area contributed by atoms with Crippen LogP contribution < -0.4 is 0 Å². The van der Waals surface area contributed by atoms with Crippen molar-refractivity contribution in [3.05, 3.63) is 0 Å². The van der Waals surface area contributed by atoms with Crippen LogP contribution in [0.15, 0.2) is 0 Å². The fraction of sp³-hybridized carbons (Fsp3) is 0.917. The van der Waals surface area contributed by atoms with E-state index in [1.54, 1.807) is 6.92 Å². The van der Waals surface area contributed by atoms with E-state index < -0.39 is 16.2 Å². The van der Waals surface area contributed by atoms with E-state index in [9.17, 15) is 13.2 Å². The first-order chi connectivity index (χ1) is 8.77. The molecule has 0 saturated carbocycles. The van der Waals surface area contributed by atoms with Crippen molar-refractivity contribution in [2.45, 2.75) is 33.6 Å². The first-order valence-electron chi connectivity index (χ1n) is 6.74.